The first kappa shape index (κ1) is 30.6. The summed E-state index contributed by atoms with van der Waals surface area (Å²) in [7, 11) is 0. The number of carbonyl (C=O) groups excluding carboxylic acids is 1. The third kappa shape index (κ3) is 5.68. The predicted octanol–water partition coefficient (Wildman–Crippen LogP) is 5.74. The molecule has 4 rings (SSSR count). The quantitative estimate of drug-likeness (QED) is 0.336. The highest BCUT2D eigenvalue weighted by atomic mass is 35.5. The Labute approximate surface area is 229 Å². The Morgan fingerprint density at radius 1 is 1.05 bits per heavy atom. The van der Waals surface area contributed by atoms with Crippen molar-refractivity contribution >= 4 is 46.7 Å². The van der Waals surface area contributed by atoms with Crippen molar-refractivity contribution in [3.05, 3.63) is 63.1 Å². The van der Waals surface area contributed by atoms with Gasteiger partial charge < -0.3 is 15.5 Å². The fraction of sp³-hybridized carbons (Fsp3) is 0.400. The van der Waals surface area contributed by atoms with Gasteiger partial charge in [0.15, 0.2) is 0 Å². The van der Waals surface area contributed by atoms with Crippen molar-refractivity contribution in [2.45, 2.75) is 56.8 Å². The molecule has 39 heavy (non-hydrogen) atoms. The van der Waals surface area contributed by atoms with Gasteiger partial charge in [-0.15, -0.1) is 0 Å². The number of benzene rings is 2. The topological polar surface area (TPSA) is 116 Å². The third-order valence-electron chi connectivity index (χ3n) is 6.53. The largest absolute Gasteiger partial charge is 0.490 e. The Morgan fingerprint density at radius 2 is 1.64 bits per heavy atom. The van der Waals surface area contributed by atoms with Crippen LogP contribution in [0, 0.1) is 17.0 Å². The Balaban J connectivity index is 0.000000532. The first-order chi connectivity index (χ1) is 17.8. The summed E-state index contributed by atoms with van der Waals surface area (Å²) in [5, 5.41) is 22.6. The van der Waals surface area contributed by atoms with E-state index in [2.05, 4.69) is 10.6 Å². The van der Waals surface area contributed by atoms with Crippen molar-refractivity contribution < 1.29 is 46.5 Å². The molecule has 0 aromatic heterocycles. The number of amides is 1. The maximum absolute atomic E-state index is 15.3. The van der Waals surface area contributed by atoms with E-state index in [1.165, 1.54) is 24.3 Å². The number of halogens is 7. The molecule has 1 amide bonds. The summed E-state index contributed by atoms with van der Waals surface area (Å²) >= 11 is 12.0. The molecule has 2 heterocycles. The van der Waals surface area contributed by atoms with E-state index in [0.29, 0.717) is 6.42 Å². The number of rotatable bonds is 3. The normalized spacial score (nSPS) is 24.2. The first-order valence-electron chi connectivity index (χ1n) is 11.4. The highest BCUT2D eigenvalue weighted by Gasteiger charge is 2.66. The lowest BCUT2D eigenvalue weighted by Gasteiger charge is -2.37. The molecule has 212 valence electrons. The molecule has 0 bridgehead atoms. The van der Waals surface area contributed by atoms with E-state index in [1.54, 1.807) is 0 Å². The molecular formula is C25H23Cl2F5N2O5. The van der Waals surface area contributed by atoms with Crippen LogP contribution in [0.2, 0.25) is 10.0 Å². The van der Waals surface area contributed by atoms with Gasteiger partial charge in [0.2, 0.25) is 5.91 Å². The van der Waals surface area contributed by atoms with Gasteiger partial charge in [0.1, 0.15) is 23.1 Å². The average Bonchev–Trinajstić information content (AvgIpc) is 3.25. The van der Waals surface area contributed by atoms with Crippen LogP contribution in [0.4, 0.5) is 27.6 Å². The van der Waals surface area contributed by atoms with Gasteiger partial charge in [-0.1, -0.05) is 56.1 Å². The fourth-order valence-corrected chi connectivity index (χ4v) is 5.50. The van der Waals surface area contributed by atoms with Crippen molar-refractivity contribution in [2.24, 2.45) is 5.41 Å². The molecule has 2 aliphatic rings. The lowest BCUT2D eigenvalue weighted by atomic mass is 9.62. The van der Waals surface area contributed by atoms with Crippen LogP contribution < -0.4 is 10.6 Å². The number of aliphatic carboxylic acids is 2. The van der Waals surface area contributed by atoms with Crippen LogP contribution in [0.3, 0.4) is 0 Å². The third-order valence-corrected chi connectivity index (χ3v) is 7.11. The number of carbonyl (C=O) groups is 3. The van der Waals surface area contributed by atoms with E-state index in [1.807, 2.05) is 20.8 Å². The summed E-state index contributed by atoms with van der Waals surface area (Å²) in [5.41, 5.74) is -1.42. The van der Waals surface area contributed by atoms with Gasteiger partial charge in [-0.05, 0) is 41.2 Å². The zero-order valence-electron chi connectivity index (χ0n) is 20.6. The molecule has 4 atom stereocenters. The van der Waals surface area contributed by atoms with Gasteiger partial charge in [-0.3, -0.25) is 14.9 Å². The van der Waals surface area contributed by atoms with Crippen LogP contribution >= 0.6 is 23.2 Å². The maximum atomic E-state index is 15.3. The Kier molecular flexibility index (Phi) is 8.27. The summed E-state index contributed by atoms with van der Waals surface area (Å²) in [5.74, 6) is -7.29. The smallest absolute Gasteiger partial charge is 0.480 e. The Hall–Kier alpha value is -2.96. The van der Waals surface area contributed by atoms with Crippen LogP contribution in [0.1, 0.15) is 44.2 Å². The molecule has 0 saturated carbocycles. The summed E-state index contributed by atoms with van der Waals surface area (Å²) in [4.78, 5) is 34.9. The summed E-state index contributed by atoms with van der Waals surface area (Å²) in [6.45, 7) is 5.84. The van der Waals surface area contributed by atoms with Crippen LogP contribution in [-0.2, 0) is 19.8 Å². The van der Waals surface area contributed by atoms with Crippen LogP contribution in [0.25, 0.3) is 0 Å². The van der Waals surface area contributed by atoms with E-state index in [-0.39, 0.29) is 32.3 Å². The standard InChI is InChI=1S/C23H22Cl2F2N2O3.C2HF3O2/c1-22(2,3)9-16-23(11-7-14(26)13(25)8-15(11)28-21(23)32)17(19(29-16)20(30)31)10-5-4-6-12(24)18(10)27;3-2(4,5)1(6)7/h4-8,16-17,19,29H,9H2,1-3H3,(H,28,32)(H,30,31);(H,6,7)/t16-,17-,19+,23+;/m0./s1. The monoisotopic (exact) mass is 596 g/mol. The molecular weight excluding hydrogens is 574 g/mol. The lowest BCUT2D eigenvalue weighted by molar-refractivity contribution is -0.192. The average molecular weight is 597 g/mol. The second kappa shape index (κ2) is 10.5. The van der Waals surface area contributed by atoms with Crippen molar-refractivity contribution in [1.82, 2.24) is 5.32 Å². The van der Waals surface area contributed by atoms with Gasteiger partial charge in [0, 0.05) is 17.6 Å². The Morgan fingerprint density at radius 3 is 2.15 bits per heavy atom. The van der Waals surface area contributed by atoms with Gasteiger partial charge in [0.05, 0.1) is 10.0 Å². The minimum absolute atomic E-state index is 0.0211. The second-order valence-corrected chi connectivity index (χ2v) is 11.2. The lowest BCUT2D eigenvalue weighted by Crippen LogP contribution is -2.49. The molecule has 1 saturated heterocycles. The van der Waals surface area contributed by atoms with E-state index in [9.17, 15) is 32.3 Å². The van der Waals surface area contributed by atoms with E-state index in [0.717, 1.165) is 6.07 Å². The number of carboxylic acid groups (broad SMARTS) is 2. The molecule has 1 fully saturated rings. The summed E-state index contributed by atoms with van der Waals surface area (Å²) in [6.07, 6.45) is -4.72. The summed E-state index contributed by atoms with van der Waals surface area (Å²) in [6, 6.07) is 4.67. The zero-order chi connectivity index (χ0) is 29.7. The van der Waals surface area contributed by atoms with Crippen LogP contribution in [0.5, 0.6) is 0 Å². The molecule has 0 unspecified atom stereocenters. The number of carboxylic acids is 2. The number of anilines is 1. The maximum Gasteiger partial charge on any atom is 0.490 e. The Bertz CT molecular complexity index is 1330. The van der Waals surface area contributed by atoms with E-state index >= 15 is 4.39 Å². The number of hydrogen-bond acceptors (Lipinski definition) is 4. The molecule has 14 heteroatoms. The van der Waals surface area contributed by atoms with Crippen molar-refractivity contribution in [3.63, 3.8) is 0 Å². The van der Waals surface area contributed by atoms with Crippen LogP contribution in [0.15, 0.2) is 30.3 Å². The number of hydrogen-bond donors (Lipinski definition) is 4. The van der Waals surface area contributed by atoms with Gasteiger partial charge >= 0.3 is 18.1 Å². The molecule has 2 aromatic carbocycles. The molecule has 0 aliphatic carbocycles. The number of fused-ring (bicyclic) bond motifs is 2. The number of nitrogens with one attached hydrogen (secondary N) is 2. The van der Waals surface area contributed by atoms with E-state index < -0.39 is 59.1 Å². The predicted molar refractivity (Wildman–Crippen MR) is 132 cm³/mol. The van der Waals surface area contributed by atoms with Crippen LogP contribution in [-0.4, -0.2) is 46.3 Å². The molecule has 2 aromatic rings. The fourth-order valence-electron chi connectivity index (χ4n) is 5.15. The van der Waals surface area contributed by atoms with E-state index in [4.69, 9.17) is 33.1 Å². The summed E-state index contributed by atoms with van der Waals surface area (Å²) < 4.78 is 61.6. The number of alkyl halides is 3. The molecule has 4 N–H and O–H groups in total. The minimum Gasteiger partial charge on any atom is -0.480 e. The van der Waals surface area contributed by atoms with Gasteiger partial charge in [0.25, 0.3) is 0 Å². The van der Waals surface area contributed by atoms with Crippen molar-refractivity contribution in [3.8, 4) is 0 Å². The second-order valence-electron chi connectivity index (χ2n) is 10.4. The van der Waals surface area contributed by atoms with Gasteiger partial charge in [-0.2, -0.15) is 13.2 Å². The molecule has 7 nitrogen and oxygen atoms in total. The molecule has 0 radical (unpaired) electrons. The van der Waals surface area contributed by atoms with Gasteiger partial charge in [-0.25, -0.2) is 13.6 Å². The van der Waals surface area contributed by atoms with Crippen molar-refractivity contribution in [1.29, 1.82) is 0 Å². The van der Waals surface area contributed by atoms with Crippen molar-refractivity contribution in [2.75, 3.05) is 5.32 Å². The SMILES string of the molecule is CC(C)(C)C[C@@H]1N[C@@H](C(=O)O)[C@H](c2cccc(Cl)c2F)[C@]12C(=O)Nc1cc(Cl)c(F)cc12.O=C(O)C(F)(F)F. The first-order valence-corrected chi connectivity index (χ1v) is 12.1. The molecule has 2 aliphatic heterocycles. The molecule has 1 spiro atoms. The minimum atomic E-state index is -5.08. The zero-order valence-corrected chi connectivity index (χ0v) is 22.1. The highest BCUT2D eigenvalue weighted by molar-refractivity contribution is 6.31. The highest BCUT2D eigenvalue weighted by Crippen LogP contribution is 2.57.